The Morgan fingerprint density at radius 1 is 1.29 bits per heavy atom. The van der Waals surface area contributed by atoms with Gasteiger partial charge < -0.3 is 14.9 Å². The second kappa shape index (κ2) is 7.95. The van der Waals surface area contributed by atoms with E-state index in [0.717, 1.165) is 11.1 Å². The van der Waals surface area contributed by atoms with Gasteiger partial charge in [-0.2, -0.15) is 0 Å². The van der Waals surface area contributed by atoms with Crippen LogP contribution >= 0.6 is 0 Å². The molecule has 130 valence electrons. The van der Waals surface area contributed by atoms with Gasteiger partial charge in [0.25, 0.3) is 0 Å². The molecule has 1 aliphatic heterocycles. The molecular weight excluding hydrogens is 308 g/mol. The maximum absolute atomic E-state index is 12.5. The Kier molecular flexibility index (Phi) is 5.95. The molecule has 1 fully saturated rings. The van der Waals surface area contributed by atoms with E-state index in [9.17, 15) is 14.4 Å². The summed E-state index contributed by atoms with van der Waals surface area (Å²) < 4.78 is 0. The van der Waals surface area contributed by atoms with E-state index in [2.05, 4.69) is 0 Å². The molecule has 6 nitrogen and oxygen atoms in total. The molecule has 24 heavy (non-hydrogen) atoms. The summed E-state index contributed by atoms with van der Waals surface area (Å²) in [5.74, 6) is -1.46. The van der Waals surface area contributed by atoms with Crippen molar-refractivity contribution in [2.75, 3.05) is 19.6 Å². The number of nitrogens with zero attached hydrogens (tertiary/aromatic N) is 2. The predicted octanol–water partition coefficient (Wildman–Crippen LogP) is 1.67. The van der Waals surface area contributed by atoms with Crippen molar-refractivity contribution in [2.45, 2.75) is 33.2 Å². The first-order valence-electron chi connectivity index (χ1n) is 8.24. The van der Waals surface area contributed by atoms with Gasteiger partial charge in [0.2, 0.25) is 11.8 Å². The molecule has 1 aromatic rings. The molecule has 0 saturated carbocycles. The van der Waals surface area contributed by atoms with E-state index in [0.29, 0.717) is 19.6 Å². The third-order valence-corrected chi connectivity index (χ3v) is 4.35. The van der Waals surface area contributed by atoms with Gasteiger partial charge in [0.15, 0.2) is 0 Å². The van der Waals surface area contributed by atoms with Gasteiger partial charge in [-0.05, 0) is 19.4 Å². The maximum Gasteiger partial charge on any atom is 0.305 e. The van der Waals surface area contributed by atoms with Crippen molar-refractivity contribution in [3.63, 3.8) is 0 Å². The number of rotatable bonds is 7. The van der Waals surface area contributed by atoms with Crippen LogP contribution in [0.1, 0.15) is 30.9 Å². The number of hydrogen-bond acceptors (Lipinski definition) is 3. The van der Waals surface area contributed by atoms with Gasteiger partial charge in [0, 0.05) is 32.6 Å². The molecule has 1 aliphatic rings. The van der Waals surface area contributed by atoms with Crippen molar-refractivity contribution in [1.82, 2.24) is 9.80 Å². The summed E-state index contributed by atoms with van der Waals surface area (Å²) in [6, 6.07) is 7.98. The number of aliphatic carboxylic acids is 1. The standard InChI is InChI=1S/C18H24N2O4/c1-3-19(9-8-17(22)23)18(24)15-10-16(21)20(12-15)11-14-6-4-13(2)5-7-14/h4-7,15H,3,8-12H2,1-2H3,(H,22,23). The van der Waals surface area contributed by atoms with Crippen LogP contribution in [0.25, 0.3) is 0 Å². The minimum Gasteiger partial charge on any atom is -0.481 e. The lowest BCUT2D eigenvalue weighted by Crippen LogP contribution is -2.38. The summed E-state index contributed by atoms with van der Waals surface area (Å²) in [5, 5.41) is 8.77. The SMILES string of the molecule is CCN(CCC(=O)O)C(=O)C1CC(=O)N(Cc2ccc(C)cc2)C1. The average Bonchev–Trinajstić information content (AvgIpc) is 2.90. The first kappa shape index (κ1) is 18.0. The Morgan fingerprint density at radius 2 is 1.96 bits per heavy atom. The minimum absolute atomic E-state index is 0.0248. The molecule has 0 aliphatic carbocycles. The van der Waals surface area contributed by atoms with Crippen molar-refractivity contribution in [3.8, 4) is 0 Å². The average molecular weight is 332 g/mol. The second-order valence-electron chi connectivity index (χ2n) is 6.22. The van der Waals surface area contributed by atoms with Gasteiger partial charge in [-0.25, -0.2) is 0 Å². The van der Waals surface area contributed by atoms with Crippen LogP contribution in [0.4, 0.5) is 0 Å². The van der Waals surface area contributed by atoms with Crippen molar-refractivity contribution < 1.29 is 19.5 Å². The van der Waals surface area contributed by atoms with E-state index in [-0.39, 0.29) is 37.1 Å². The smallest absolute Gasteiger partial charge is 0.305 e. The molecule has 1 aromatic carbocycles. The zero-order chi connectivity index (χ0) is 17.7. The number of carbonyl (C=O) groups excluding carboxylic acids is 2. The maximum atomic E-state index is 12.5. The van der Waals surface area contributed by atoms with Crippen molar-refractivity contribution >= 4 is 17.8 Å². The van der Waals surface area contributed by atoms with Gasteiger partial charge in [-0.3, -0.25) is 14.4 Å². The predicted molar refractivity (Wildman–Crippen MR) is 89.2 cm³/mol. The molecule has 0 spiro atoms. The van der Waals surface area contributed by atoms with Gasteiger partial charge >= 0.3 is 5.97 Å². The van der Waals surface area contributed by atoms with Crippen LogP contribution in [0.5, 0.6) is 0 Å². The molecule has 1 saturated heterocycles. The molecule has 0 bridgehead atoms. The number of carboxylic acids is 1. The first-order chi connectivity index (χ1) is 11.4. The number of amides is 2. The number of carbonyl (C=O) groups is 3. The van der Waals surface area contributed by atoms with Gasteiger partial charge in [-0.1, -0.05) is 29.8 Å². The van der Waals surface area contributed by atoms with Crippen molar-refractivity contribution in [1.29, 1.82) is 0 Å². The van der Waals surface area contributed by atoms with Crippen LogP contribution in [0.15, 0.2) is 24.3 Å². The van der Waals surface area contributed by atoms with Gasteiger partial charge in [0.1, 0.15) is 0 Å². The van der Waals surface area contributed by atoms with Crippen LogP contribution in [-0.2, 0) is 20.9 Å². The second-order valence-corrected chi connectivity index (χ2v) is 6.22. The molecule has 2 amide bonds. The lowest BCUT2D eigenvalue weighted by Gasteiger charge is -2.23. The van der Waals surface area contributed by atoms with Crippen LogP contribution in [0.2, 0.25) is 0 Å². The number of hydrogen-bond donors (Lipinski definition) is 1. The van der Waals surface area contributed by atoms with Crippen LogP contribution in [0.3, 0.4) is 0 Å². The third kappa shape index (κ3) is 4.57. The fraction of sp³-hybridized carbons (Fsp3) is 0.500. The van der Waals surface area contributed by atoms with Crippen LogP contribution in [0, 0.1) is 12.8 Å². The van der Waals surface area contributed by atoms with Gasteiger partial charge in [0.05, 0.1) is 12.3 Å². The highest BCUT2D eigenvalue weighted by atomic mass is 16.4. The monoisotopic (exact) mass is 332 g/mol. The minimum atomic E-state index is -0.926. The lowest BCUT2D eigenvalue weighted by molar-refractivity contribution is -0.139. The molecule has 0 radical (unpaired) electrons. The van der Waals surface area contributed by atoms with Crippen LogP contribution in [-0.4, -0.2) is 52.3 Å². The topological polar surface area (TPSA) is 77.9 Å². The number of benzene rings is 1. The first-order valence-corrected chi connectivity index (χ1v) is 8.24. The summed E-state index contributed by atoms with van der Waals surface area (Å²) in [4.78, 5) is 38.7. The molecule has 1 N–H and O–H groups in total. The Balaban J connectivity index is 1.96. The zero-order valence-electron chi connectivity index (χ0n) is 14.2. The summed E-state index contributed by atoms with van der Waals surface area (Å²) in [5.41, 5.74) is 2.21. The lowest BCUT2D eigenvalue weighted by atomic mass is 10.1. The summed E-state index contributed by atoms with van der Waals surface area (Å²) in [6.07, 6.45) is 0.127. The highest BCUT2D eigenvalue weighted by Gasteiger charge is 2.36. The molecule has 2 rings (SSSR count). The highest BCUT2D eigenvalue weighted by Crippen LogP contribution is 2.22. The van der Waals surface area contributed by atoms with E-state index >= 15 is 0 Å². The molecule has 6 heteroatoms. The van der Waals surface area contributed by atoms with Crippen molar-refractivity contribution in [3.05, 3.63) is 35.4 Å². The Morgan fingerprint density at radius 3 is 2.54 bits per heavy atom. The van der Waals surface area contributed by atoms with Gasteiger partial charge in [-0.15, -0.1) is 0 Å². The number of aryl methyl sites for hydroxylation is 1. The van der Waals surface area contributed by atoms with E-state index in [1.165, 1.54) is 4.90 Å². The largest absolute Gasteiger partial charge is 0.481 e. The quantitative estimate of drug-likeness (QED) is 0.824. The van der Waals surface area contributed by atoms with E-state index in [4.69, 9.17) is 5.11 Å². The fourth-order valence-corrected chi connectivity index (χ4v) is 2.92. The summed E-state index contributed by atoms with van der Waals surface area (Å²) in [6.45, 7) is 5.37. The Hall–Kier alpha value is -2.37. The van der Waals surface area contributed by atoms with Crippen LogP contribution < -0.4 is 0 Å². The third-order valence-electron chi connectivity index (χ3n) is 4.35. The molecular formula is C18H24N2O4. The zero-order valence-corrected chi connectivity index (χ0v) is 14.2. The molecule has 0 aromatic heterocycles. The number of carboxylic acid groups (broad SMARTS) is 1. The Bertz CT molecular complexity index is 612. The van der Waals surface area contributed by atoms with E-state index in [1.807, 2.05) is 38.1 Å². The molecule has 1 heterocycles. The highest BCUT2D eigenvalue weighted by molar-refractivity contribution is 5.89. The summed E-state index contributed by atoms with van der Waals surface area (Å²) >= 11 is 0. The molecule has 1 atom stereocenters. The summed E-state index contributed by atoms with van der Waals surface area (Å²) in [7, 11) is 0. The molecule has 1 unspecified atom stereocenters. The normalized spacial score (nSPS) is 17.2. The van der Waals surface area contributed by atoms with E-state index in [1.54, 1.807) is 4.90 Å². The fourth-order valence-electron chi connectivity index (χ4n) is 2.92. The van der Waals surface area contributed by atoms with E-state index < -0.39 is 5.97 Å². The number of likely N-dealkylation sites (tertiary alicyclic amines) is 1. The Labute approximate surface area is 142 Å². The van der Waals surface area contributed by atoms with Crippen molar-refractivity contribution in [2.24, 2.45) is 5.92 Å².